The van der Waals surface area contributed by atoms with Crippen LogP contribution in [0, 0.1) is 0 Å². The molecule has 0 radical (unpaired) electrons. The third-order valence-corrected chi connectivity index (χ3v) is 3.17. The summed E-state index contributed by atoms with van der Waals surface area (Å²) in [4.78, 5) is 15.8. The van der Waals surface area contributed by atoms with Crippen molar-refractivity contribution in [2.24, 2.45) is 0 Å². The Morgan fingerprint density at radius 3 is 2.64 bits per heavy atom. The Hall–Kier alpha value is -2.02. The maximum Gasteiger partial charge on any atom is 0.225 e. The lowest BCUT2D eigenvalue weighted by Crippen LogP contribution is -2.18. The molecule has 6 nitrogen and oxygen atoms in total. The molecule has 0 aliphatic carbocycles. The van der Waals surface area contributed by atoms with Crippen molar-refractivity contribution in [3.63, 3.8) is 0 Å². The number of nitrogens with one attached hydrogen (secondary N) is 2. The standard InChI is InChI=1S/C17H21N3O3.2ClH/c1-18-9-7-17(21)20-14-5-6-15(22-2)16(10-14)23-12-13-4-3-8-19-11-13;;/h3-6,8,10-11,18H,7,9,12H2,1-2H3,(H,20,21);2*1H. The number of amides is 1. The predicted molar refractivity (Wildman–Crippen MR) is 103 cm³/mol. The van der Waals surface area contributed by atoms with Gasteiger partial charge in [-0.1, -0.05) is 6.07 Å². The summed E-state index contributed by atoms with van der Waals surface area (Å²) in [6.07, 6.45) is 3.87. The largest absolute Gasteiger partial charge is 0.493 e. The van der Waals surface area contributed by atoms with Gasteiger partial charge in [0.15, 0.2) is 11.5 Å². The van der Waals surface area contributed by atoms with Gasteiger partial charge in [-0.3, -0.25) is 9.78 Å². The van der Waals surface area contributed by atoms with Crippen LogP contribution in [0.25, 0.3) is 0 Å². The Bertz CT molecular complexity index is 642. The molecule has 0 aliphatic heterocycles. The lowest BCUT2D eigenvalue weighted by atomic mass is 10.2. The molecule has 0 aliphatic rings. The molecule has 0 atom stereocenters. The molecule has 8 heteroatoms. The van der Waals surface area contributed by atoms with E-state index in [1.54, 1.807) is 37.7 Å². The van der Waals surface area contributed by atoms with Gasteiger partial charge in [-0.05, 0) is 25.2 Å². The summed E-state index contributed by atoms with van der Waals surface area (Å²) in [7, 11) is 3.39. The topological polar surface area (TPSA) is 72.5 Å². The molecule has 1 aromatic carbocycles. The van der Waals surface area contributed by atoms with Gasteiger partial charge in [0.1, 0.15) is 6.61 Å². The van der Waals surface area contributed by atoms with Crippen LogP contribution in [0.2, 0.25) is 0 Å². The Kier molecular flexibility index (Phi) is 11.4. The van der Waals surface area contributed by atoms with Crippen molar-refractivity contribution in [2.45, 2.75) is 13.0 Å². The van der Waals surface area contributed by atoms with Crippen LogP contribution in [0.15, 0.2) is 42.7 Å². The lowest BCUT2D eigenvalue weighted by molar-refractivity contribution is -0.116. The second-order valence-corrected chi connectivity index (χ2v) is 4.92. The number of methoxy groups -OCH3 is 1. The third kappa shape index (κ3) is 7.60. The first kappa shape index (κ1) is 23.0. The summed E-state index contributed by atoms with van der Waals surface area (Å²) >= 11 is 0. The van der Waals surface area contributed by atoms with Crippen molar-refractivity contribution in [2.75, 3.05) is 26.0 Å². The number of rotatable bonds is 8. The Morgan fingerprint density at radius 1 is 1.20 bits per heavy atom. The van der Waals surface area contributed by atoms with Crippen molar-refractivity contribution < 1.29 is 14.3 Å². The predicted octanol–water partition coefficient (Wildman–Crippen LogP) is 3.06. The first-order chi connectivity index (χ1) is 11.2. The van der Waals surface area contributed by atoms with Gasteiger partial charge in [-0.15, -0.1) is 24.8 Å². The number of hydrogen-bond donors (Lipinski definition) is 2. The molecule has 2 aromatic rings. The second-order valence-electron chi connectivity index (χ2n) is 4.92. The molecule has 2 N–H and O–H groups in total. The highest BCUT2D eigenvalue weighted by Gasteiger charge is 2.08. The van der Waals surface area contributed by atoms with E-state index >= 15 is 0 Å². The monoisotopic (exact) mass is 387 g/mol. The van der Waals surface area contributed by atoms with Gasteiger partial charge in [-0.2, -0.15) is 0 Å². The fourth-order valence-electron chi connectivity index (χ4n) is 1.97. The van der Waals surface area contributed by atoms with Gasteiger partial charge in [0.05, 0.1) is 7.11 Å². The highest BCUT2D eigenvalue weighted by Crippen LogP contribution is 2.30. The summed E-state index contributed by atoms with van der Waals surface area (Å²) in [6.45, 7) is 1.01. The fourth-order valence-corrected chi connectivity index (χ4v) is 1.97. The average Bonchev–Trinajstić information content (AvgIpc) is 2.59. The highest BCUT2D eigenvalue weighted by molar-refractivity contribution is 5.91. The minimum atomic E-state index is -0.0530. The van der Waals surface area contributed by atoms with Gasteiger partial charge in [0, 0.05) is 42.7 Å². The van der Waals surface area contributed by atoms with Crippen molar-refractivity contribution in [1.82, 2.24) is 10.3 Å². The minimum Gasteiger partial charge on any atom is -0.493 e. The number of nitrogens with zero attached hydrogens (tertiary/aromatic N) is 1. The summed E-state index contributed by atoms with van der Waals surface area (Å²) in [5.74, 6) is 1.13. The summed E-state index contributed by atoms with van der Waals surface area (Å²) in [6, 6.07) is 9.10. The SMILES string of the molecule is CNCCC(=O)Nc1ccc(OC)c(OCc2cccnc2)c1.Cl.Cl. The average molecular weight is 388 g/mol. The molecule has 2 rings (SSSR count). The molecule has 0 fully saturated rings. The van der Waals surface area contributed by atoms with Gasteiger partial charge < -0.3 is 20.1 Å². The van der Waals surface area contributed by atoms with Gasteiger partial charge in [0.25, 0.3) is 0 Å². The summed E-state index contributed by atoms with van der Waals surface area (Å²) < 4.78 is 11.1. The molecule has 25 heavy (non-hydrogen) atoms. The molecule has 1 heterocycles. The first-order valence-electron chi connectivity index (χ1n) is 7.37. The van der Waals surface area contributed by atoms with Gasteiger partial charge in [-0.25, -0.2) is 0 Å². The molecule has 1 amide bonds. The number of carbonyl (C=O) groups is 1. The number of aromatic nitrogens is 1. The van der Waals surface area contributed by atoms with E-state index in [9.17, 15) is 4.79 Å². The zero-order valence-corrected chi connectivity index (χ0v) is 15.8. The first-order valence-corrected chi connectivity index (χ1v) is 7.37. The Morgan fingerprint density at radius 2 is 2.00 bits per heavy atom. The van der Waals surface area contributed by atoms with E-state index in [4.69, 9.17) is 9.47 Å². The normalized spacial score (nSPS) is 9.36. The smallest absolute Gasteiger partial charge is 0.225 e. The van der Waals surface area contributed by atoms with Crippen molar-refractivity contribution in [1.29, 1.82) is 0 Å². The third-order valence-electron chi connectivity index (χ3n) is 3.17. The maximum atomic E-state index is 11.8. The van der Waals surface area contributed by atoms with E-state index in [0.717, 1.165) is 5.56 Å². The minimum absolute atomic E-state index is 0. The van der Waals surface area contributed by atoms with E-state index in [1.807, 2.05) is 19.2 Å². The van der Waals surface area contributed by atoms with E-state index in [-0.39, 0.29) is 30.7 Å². The quantitative estimate of drug-likeness (QED) is 0.727. The summed E-state index contributed by atoms with van der Waals surface area (Å²) in [5, 5.41) is 5.78. The number of benzene rings is 1. The molecule has 138 valence electrons. The van der Waals surface area contributed by atoms with E-state index in [2.05, 4.69) is 15.6 Å². The second kappa shape index (κ2) is 12.4. The molecule has 0 saturated heterocycles. The number of halogens is 2. The molecule has 0 unspecified atom stereocenters. The van der Waals surface area contributed by atoms with Gasteiger partial charge in [0.2, 0.25) is 5.91 Å². The number of anilines is 1. The van der Waals surface area contributed by atoms with Crippen LogP contribution in [-0.4, -0.2) is 31.6 Å². The van der Waals surface area contributed by atoms with Crippen LogP contribution in [0.5, 0.6) is 11.5 Å². The zero-order chi connectivity index (χ0) is 16.5. The Balaban J connectivity index is 0.00000288. The van der Waals surface area contributed by atoms with Crippen molar-refractivity contribution >= 4 is 36.4 Å². The maximum absolute atomic E-state index is 11.8. The number of carbonyl (C=O) groups excluding carboxylic acids is 1. The van der Waals surface area contributed by atoms with Crippen molar-refractivity contribution in [3.8, 4) is 11.5 Å². The molecular weight excluding hydrogens is 365 g/mol. The Labute approximate surface area is 160 Å². The van der Waals surface area contributed by atoms with E-state index < -0.39 is 0 Å². The number of hydrogen-bond acceptors (Lipinski definition) is 5. The molecule has 0 bridgehead atoms. The van der Waals surface area contributed by atoms with Crippen molar-refractivity contribution in [3.05, 3.63) is 48.3 Å². The van der Waals surface area contributed by atoms with Crippen LogP contribution < -0.4 is 20.1 Å². The van der Waals surface area contributed by atoms with E-state index in [1.165, 1.54) is 0 Å². The van der Waals surface area contributed by atoms with E-state index in [0.29, 0.717) is 36.8 Å². The van der Waals surface area contributed by atoms with Crippen LogP contribution in [0.4, 0.5) is 5.69 Å². The lowest BCUT2D eigenvalue weighted by Gasteiger charge is -2.13. The van der Waals surface area contributed by atoms with Crippen LogP contribution in [0.1, 0.15) is 12.0 Å². The number of pyridine rings is 1. The van der Waals surface area contributed by atoms with Crippen LogP contribution in [0.3, 0.4) is 0 Å². The number of ether oxygens (including phenoxy) is 2. The highest BCUT2D eigenvalue weighted by atomic mass is 35.5. The van der Waals surface area contributed by atoms with Crippen LogP contribution in [-0.2, 0) is 11.4 Å². The molecule has 1 aromatic heterocycles. The molecule has 0 saturated carbocycles. The fraction of sp³-hybridized carbons (Fsp3) is 0.294. The van der Waals surface area contributed by atoms with Crippen LogP contribution >= 0.6 is 24.8 Å². The molecular formula is C17H23Cl2N3O3. The summed E-state index contributed by atoms with van der Waals surface area (Å²) in [5.41, 5.74) is 1.63. The molecule has 0 spiro atoms. The van der Waals surface area contributed by atoms with Gasteiger partial charge >= 0.3 is 0 Å². The zero-order valence-electron chi connectivity index (χ0n) is 14.2.